The highest BCUT2D eigenvalue weighted by Crippen LogP contribution is 2.34. The second-order valence-corrected chi connectivity index (χ2v) is 6.37. The summed E-state index contributed by atoms with van der Waals surface area (Å²) in [6, 6.07) is 4.23. The molecule has 5 nitrogen and oxygen atoms in total. The fraction of sp³-hybridized carbons (Fsp3) is 0.308. The van der Waals surface area contributed by atoms with Crippen molar-refractivity contribution in [2.75, 3.05) is 13.7 Å². The standard InChI is InChI=1S/C13H14Br2N4O/c1-20-19-6-8(11-2-3-17-13(16)18-11)7-4-9(14)10(15)5-12(7)19/h4-6,11H,2-3H2,1H3,(H3,16,17,18). The molecular formula is C13H14Br2N4O. The first-order chi connectivity index (χ1) is 9.60. The normalized spacial score (nSPS) is 18.8. The highest BCUT2D eigenvalue weighted by molar-refractivity contribution is 9.13. The monoisotopic (exact) mass is 400 g/mol. The Balaban J connectivity index is 2.15. The predicted molar refractivity (Wildman–Crippen MR) is 86.1 cm³/mol. The number of benzene rings is 1. The van der Waals surface area contributed by atoms with Crippen LogP contribution in [-0.2, 0) is 0 Å². The molecule has 1 aromatic heterocycles. The Morgan fingerprint density at radius 3 is 2.80 bits per heavy atom. The molecule has 2 aromatic rings. The Labute approximate surface area is 133 Å². The molecule has 1 aliphatic heterocycles. The molecule has 1 aliphatic rings. The van der Waals surface area contributed by atoms with Gasteiger partial charge in [-0.3, -0.25) is 5.41 Å². The van der Waals surface area contributed by atoms with Gasteiger partial charge in [0.2, 0.25) is 0 Å². The van der Waals surface area contributed by atoms with Crippen LogP contribution in [0.5, 0.6) is 0 Å². The van der Waals surface area contributed by atoms with Gasteiger partial charge in [0.05, 0.1) is 17.8 Å². The van der Waals surface area contributed by atoms with Crippen LogP contribution in [-0.4, -0.2) is 24.3 Å². The van der Waals surface area contributed by atoms with Crippen LogP contribution in [0.2, 0.25) is 0 Å². The first kappa shape index (κ1) is 13.8. The van der Waals surface area contributed by atoms with E-state index in [9.17, 15) is 0 Å². The van der Waals surface area contributed by atoms with Gasteiger partial charge >= 0.3 is 0 Å². The SMILES string of the molecule is COn1cc(C2CCNC(=N)N2)c2cc(Br)c(Br)cc21. The average Bonchev–Trinajstić information content (AvgIpc) is 2.77. The van der Waals surface area contributed by atoms with Crippen molar-refractivity contribution in [3.63, 3.8) is 0 Å². The highest BCUT2D eigenvalue weighted by Gasteiger charge is 2.22. The minimum absolute atomic E-state index is 0.121. The van der Waals surface area contributed by atoms with Gasteiger partial charge in [0, 0.05) is 26.4 Å². The summed E-state index contributed by atoms with van der Waals surface area (Å²) in [5.41, 5.74) is 2.14. The zero-order valence-electron chi connectivity index (χ0n) is 10.8. The summed E-state index contributed by atoms with van der Waals surface area (Å²) in [7, 11) is 1.65. The number of guanidine groups is 1. The molecule has 106 valence electrons. The van der Waals surface area contributed by atoms with Crippen molar-refractivity contribution in [2.24, 2.45) is 0 Å². The molecule has 0 spiro atoms. The minimum atomic E-state index is 0.121. The second-order valence-electron chi connectivity index (χ2n) is 4.66. The van der Waals surface area contributed by atoms with E-state index in [1.165, 1.54) is 0 Å². The van der Waals surface area contributed by atoms with Crippen molar-refractivity contribution in [3.8, 4) is 0 Å². The molecule has 7 heteroatoms. The van der Waals surface area contributed by atoms with Gasteiger partial charge in [-0.15, -0.1) is 0 Å². The molecule has 1 saturated heterocycles. The molecule has 0 amide bonds. The Morgan fingerprint density at radius 2 is 2.10 bits per heavy atom. The van der Waals surface area contributed by atoms with Crippen LogP contribution in [0.25, 0.3) is 10.9 Å². The summed E-state index contributed by atoms with van der Waals surface area (Å²) >= 11 is 7.06. The fourth-order valence-electron chi connectivity index (χ4n) is 2.52. The molecule has 1 unspecified atom stereocenters. The molecule has 0 radical (unpaired) electrons. The number of nitrogens with one attached hydrogen (secondary N) is 3. The number of hydrogen-bond donors (Lipinski definition) is 3. The smallest absolute Gasteiger partial charge is 0.188 e. The Bertz CT molecular complexity index is 683. The van der Waals surface area contributed by atoms with Crippen LogP contribution in [0.15, 0.2) is 27.3 Å². The molecule has 1 aromatic carbocycles. The van der Waals surface area contributed by atoms with E-state index in [0.29, 0.717) is 5.96 Å². The zero-order valence-corrected chi connectivity index (χ0v) is 14.0. The predicted octanol–water partition coefficient (Wildman–Crippen LogP) is 2.78. The quantitative estimate of drug-likeness (QED) is 0.725. The minimum Gasteiger partial charge on any atom is -0.417 e. The van der Waals surface area contributed by atoms with Crippen molar-refractivity contribution in [3.05, 3.63) is 32.8 Å². The lowest BCUT2D eigenvalue weighted by atomic mass is 10.0. The van der Waals surface area contributed by atoms with Crippen LogP contribution >= 0.6 is 31.9 Å². The Hall–Kier alpha value is -1.21. The van der Waals surface area contributed by atoms with E-state index in [-0.39, 0.29) is 6.04 Å². The third-order valence-electron chi connectivity index (χ3n) is 3.47. The lowest BCUT2D eigenvalue weighted by Gasteiger charge is -2.26. The van der Waals surface area contributed by atoms with E-state index in [4.69, 9.17) is 10.2 Å². The molecule has 3 N–H and O–H groups in total. The third-order valence-corrected chi connectivity index (χ3v) is 5.31. The number of halogens is 2. The summed E-state index contributed by atoms with van der Waals surface area (Å²) in [5.74, 6) is 0.371. The summed E-state index contributed by atoms with van der Waals surface area (Å²) in [4.78, 5) is 5.40. The Morgan fingerprint density at radius 1 is 1.35 bits per heavy atom. The second kappa shape index (κ2) is 5.29. The van der Waals surface area contributed by atoms with Gasteiger partial charge in [0.1, 0.15) is 7.11 Å². The van der Waals surface area contributed by atoms with Crippen molar-refractivity contribution in [1.29, 1.82) is 5.41 Å². The van der Waals surface area contributed by atoms with E-state index in [1.54, 1.807) is 11.8 Å². The van der Waals surface area contributed by atoms with E-state index >= 15 is 0 Å². The molecule has 20 heavy (non-hydrogen) atoms. The van der Waals surface area contributed by atoms with E-state index in [0.717, 1.165) is 38.4 Å². The van der Waals surface area contributed by atoms with Gasteiger partial charge in [0.25, 0.3) is 0 Å². The summed E-state index contributed by atoms with van der Waals surface area (Å²) in [6.07, 6.45) is 2.92. The summed E-state index contributed by atoms with van der Waals surface area (Å²) < 4.78 is 3.75. The first-order valence-corrected chi connectivity index (χ1v) is 7.82. The first-order valence-electron chi connectivity index (χ1n) is 6.23. The van der Waals surface area contributed by atoms with Crippen LogP contribution in [0.4, 0.5) is 0 Å². The summed E-state index contributed by atoms with van der Waals surface area (Å²) in [6.45, 7) is 0.799. The number of nitrogens with zero attached hydrogens (tertiary/aromatic N) is 1. The lowest BCUT2D eigenvalue weighted by Crippen LogP contribution is -2.45. The van der Waals surface area contributed by atoms with Crippen LogP contribution in [0.3, 0.4) is 0 Å². The topological polar surface area (TPSA) is 62.1 Å². The number of fused-ring (bicyclic) bond motifs is 1. The maximum absolute atomic E-state index is 7.73. The maximum atomic E-state index is 7.73. The number of hydrogen-bond acceptors (Lipinski definition) is 2. The third kappa shape index (κ3) is 2.29. The number of aromatic nitrogens is 1. The van der Waals surface area contributed by atoms with Gasteiger partial charge in [-0.25, -0.2) is 0 Å². The molecular weight excluding hydrogens is 388 g/mol. The largest absolute Gasteiger partial charge is 0.417 e. The molecule has 2 heterocycles. The van der Waals surface area contributed by atoms with Gasteiger partial charge in [0.15, 0.2) is 5.96 Å². The van der Waals surface area contributed by atoms with Crippen molar-refractivity contribution in [1.82, 2.24) is 15.4 Å². The molecule has 0 saturated carbocycles. The molecule has 0 bridgehead atoms. The van der Waals surface area contributed by atoms with Crippen LogP contribution in [0, 0.1) is 5.41 Å². The van der Waals surface area contributed by atoms with E-state index in [2.05, 4.69) is 48.6 Å². The zero-order chi connectivity index (χ0) is 14.3. The van der Waals surface area contributed by atoms with Crippen molar-refractivity contribution in [2.45, 2.75) is 12.5 Å². The fourth-order valence-corrected chi connectivity index (χ4v) is 3.19. The lowest BCUT2D eigenvalue weighted by molar-refractivity contribution is 0.178. The number of rotatable bonds is 2. The van der Waals surface area contributed by atoms with Crippen LogP contribution in [0.1, 0.15) is 18.0 Å². The van der Waals surface area contributed by atoms with Gasteiger partial charge in [-0.2, -0.15) is 4.73 Å². The Kier molecular flexibility index (Phi) is 3.64. The van der Waals surface area contributed by atoms with Crippen LogP contribution < -0.4 is 15.5 Å². The van der Waals surface area contributed by atoms with Gasteiger partial charge < -0.3 is 15.5 Å². The average molecular weight is 402 g/mol. The van der Waals surface area contributed by atoms with Crippen molar-refractivity contribution < 1.29 is 4.84 Å². The molecule has 1 fully saturated rings. The van der Waals surface area contributed by atoms with Crippen molar-refractivity contribution >= 4 is 48.7 Å². The van der Waals surface area contributed by atoms with E-state index < -0.39 is 0 Å². The highest BCUT2D eigenvalue weighted by atomic mass is 79.9. The molecule has 0 aliphatic carbocycles. The van der Waals surface area contributed by atoms with E-state index in [1.807, 2.05) is 12.3 Å². The summed E-state index contributed by atoms with van der Waals surface area (Å²) in [5, 5.41) is 15.0. The van der Waals surface area contributed by atoms with Gasteiger partial charge in [-0.05, 0) is 50.4 Å². The molecule has 3 rings (SSSR count). The van der Waals surface area contributed by atoms with Gasteiger partial charge in [-0.1, -0.05) is 0 Å². The molecule has 1 atom stereocenters. The maximum Gasteiger partial charge on any atom is 0.188 e.